The molecule has 8 heteroatoms. The number of piperidine rings is 1. The minimum Gasteiger partial charge on any atom is -0.467 e. The van der Waals surface area contributed by atoms with E-state index in [1.54, 1.807) is 15.6 Å². The molecule has 2 aromatic rings. The Kier molecular flexibility index (Phi) is 4.90. The summed E-state index contributed by atoms with van der Waals surface area (Å²) < 4.78 is 33.6. The van der Waals surface area contributed by atoms with Gasteiger partial charge in [-0.25, -0.2) is 17.7 Å². The van der Waals surface area contributed by atoms with Crippen LogP contribution in [0.4, 0.5) is 0 Å². The summed E-state index contributed by atoms with van der Waals surface area (Å²) >= 11 is 1.58. The average molecular weight is 420 g/mol. The van der Waals surface area contributed by atoms with Gasteiger partial charge in [0.15, 0.2) is 0 Å². The number of ether oxygens (including phenoxy) is 1. The van der Waals surface area contributed by atoms with Crippen LogP contribution in [0.5, 0.6) is 5.19 Å². The molecule has 0 spiro atoms. The highest BCUT2D eigenvalue weighted by Crippen LogP contribution is 2.35. The third-order valence-electron chi connectivity index (χ3n) is 5.78. The molecule has 28 heavy (non-hydrogen) atoms. The average Bonchev–Trinajstić information content (AvgIpc) is 3.50. The quantitative estimate of drug-likeness (QED) is 0.807. The molecule has 1 aromatic carbocycles. The molecular formula is C20H25N3O3S2. The fourth-order valence-electron chi connectivity index (χ4n) is 3.96. The number of thiazole rings is 1. The lowest BCUT2D eigenvalue weighted by Gasteiger charge is -2.30. The van der Waals surface area contributed by atoms with Crippen LogP contribution in [0.1, 0.15) is 37.7 Å². The van der Waals surface area contributed by atoms with Crippen molar-refractivity contribution >= 4 is 37.1 Å². The van der Waals surface area contributed by atoms with Gasteiger partial charge in [-0.05, 0) is 61.9 Å². The van der Waals surface area contributed by atoms with Gasteiger partial charge in [-0.15, -0.1) is 0 Å². The summed E-state index contributed by atoms with van der Waals surface area (Å²) in [4.78, 5) is 4.63. The highest BCUT2D eigenvalue weighted by molar-refractivity contribution is 7.90. The van der Waals surface area contributed by atoms with E-state index in [-0.39, 0.29) is 11.4 Å². The molecule has 0 atom stereocenters. The van der Waals surface area contributed by atoms with E-state index in [9.17, 15) is 8.42 Å². The van der Waals surface area contributed by atoms with E-state index < -0.39 is 10.0 Å². The van der Waals surface area contributed by atoms with Gasteiger partial charge in [-0.1, -0.05) is 23.5 Å². The molecule has 0 radical (unpaired) electrons. The normalized spacial score (nSPS) is 22.4. The molecule has 150 valence electrons. The van der Waals surface area contributed by atoms with E-state index in [1.165, 1.54) is 11.1 Å². The number of nitrogens with zero attached hydrogens (tertiary/aromatic N) is 2. The maximum absolute atomic E-state index is 12.4. The summed E-state index contributed by atoms with van der Waals surface area (Å²) in [5, 5.41) is 3.91. The number of hydrogen-bond donors (Lipinski definition) is 1. The van der Waals surface area contributed by atoms with E-state index in [0.717, 1.165) is 55.4 Å². The van der Waals surface area contributed by atoms with Crippen molar-refractivity contribution in [3.8, 4) is 5.19 Å². The lowest BCUT2D eigenvalue weighted by Crippen LogP contribution is -2.43. The van der Waals surface area contributed by atoms with Crippen molar-refractivity contribution in [3.63, 3.8) is 0 Å². The van der Waals surface area contributed by atoms with Gasteiger partial charge in [-0.3, -0.25) is 0 Å². The molecular weight excluding hydrogens is 394 g/mol. The Morgan fingerprint density at radius 2 is 2.00 bits per heavy atom. The van der Waals surface area contributed by atoms with Crippen LogP contribution in [0, 0.1) is 0 Å². The number of fused-ring (bicyclic) bond motifs is 1. The Morgan fingerprint density at radius 3 is 2.71 bits per heavy atom. The second-order valence-corrected chi connectivity index (χ2v) is 11.0. The topological polar surface area (TPSA) is 71.5 Å². The molecule has 1 saturated carbocycles. The van der Waals surface area contributed by atoms with E-state index in [2.05, 4.69) is 34.6 Å². The van der Waals surface area contributed by atoms with Gasteiger partial charge >= 0.3 is 0 Å². The first-order valence-corrected chi connectivity index (χ1v) is 12.4. The minimum absolute atomic E-state index is 0.0396. The molecule has 3 heterocycles. The predicted molar refractivity (Wildman–Crippen MR) is 112 cm³/mol. The third kappa shape index (κ3) is 3.70. The first-order chi connectivity index (χ1) is 13.6. The Hall–Kier alpha value is -1.48. The molecule has 2 fully saturated rings. The van der Waals surface area contributed by atoms with Crippen molar-refractivity contribution < 1.29 is 13.2 Å². The van der Waals surface area contributed by atoms with Crippen LogP contribution in [-0.2, 0) is 10.0 Å². The summed E-state index contributed by atoms with van der Waals surface area (Å²) in [7, 11) is -3.07. The number of hydrogen-bond acceptors (Lipinski definition) is 6. The van der Waals surface area contributed by atoms with Gasteiger partial charge < -0.3 is 10.1 Å². The number of rotatable bonds is 5. The van der Waals surface area contributed by atoms with Crippen molar-refractivity contribution in [2.24, 2.45) is 0 Å². The van der Waals surface area contributed by atoms with E-state index >= 15 is 0 Å². The standard InChI is InChI=1S/C20H25N3O3S2/c24-28(25,17-2-3-17)23-11-7-16(8-12-23)26-20-22-18-4-1-15(13-19(18)27-20)14-5-9-21-10-6-14/h1,4-5,13,16-17,21H,2-3,6-12H2. The first-order valence-electron chi connectivity index (χ1n) is 10.1. The largest absolute Gasteiger partial charge is 0.467 e. The van der Waals surface area contributed by atoms with E-state index in [0.29, 0.717) is 18.3 Å². The molecule has 2 aliphatic heterocycles. The van der Waals surface area contributed by atoms with E-state index in [1.807, 2.05) is 0 Å². The molecule has 6 nitrogen and oxygen atoms in total. The maximum Gasteiger partial charge on any atom is 0.274 e. The molecule has 1 N–H and O–H groups in total. The van der Waals surface area contributed by atoms with Crippen molar-refractivity contribution in [1.82, 2.24) is 14.6 Å². The Balaban J connectivity index is 1.25. The van der Waals surface area contributed by atoms with Gasteiger partial charge in [0.05, 0.1) is 15.5 Å². The zero-order valence-corrected chi connectivity index (χ0v) is 17.4. The zero-order chi connectivity index (χ0) is 19.1. The van der Waals surface area contributed by atoms with Crippen LogP contribution < -0.4 is 10.1 Å². The summed E-state index contributed by atoms with van der Waals surface area (Å²) in [6.07, 6.45) is 6.44. The molecule has 1 saturated heterocycles. The SMILES string of the molecule is O=S(=O)(C1CC1)N1CCC(Oc2nc3ccc(C4=CCNCC4)cc3s2)CC1. The van der Waals surface area contributed by atoms with Crippen molar-refractivity contribution in [3.05, 3.63) is 29.8 Å². The number of sulfonamides is 1. The Labute approximate surface area is 169 Å². The number of nitrogens with one attached hydrogen (secondary N) is 1. The fourth-order valence-corrected chi connectivity index (χ4v) is 6.76. The van der Waals surface area contributed by atoms with Gasteiger partial charge in [0.25, 0.3) is 5.19 Å². The fraction of sp³-hybridized carbons (Fsp3) is 0.550. The summed E-state index contributed by atoms with van der Waals surface area (Å²) in [6.45, 7) is 3.07. The Morgan fingerprint density at radius 1 is 1.18 bits per heavy atom. The van der Waals surface area contributed by atoms with Crippen LogP contribution in [0.3, 0.4) is 0 Å². The molecule has 5 rings (SSSR count). The van der Waals surface area contributed by atoms with Crippen LogP contribution in [0.25, 0.3) is 15.8 Å². The highest BCUT2D eigenvalue weighted by atomic mass is 32.2. The monoisotopic (exact) mass is 419 g/mol. The van der Waals surface area contributed by atoms with Crippen LogP contribution in [0.15, 0.2) is 24.3 Å². The van der Waals surface area contributed by atoms with Gasteiger partial charge in [0.1, 0.15) is 6.10 Å². The summed E-state index contributed by atoms with van der Waals surface area (Å²) in [6, 6.07) is 6.42. The van der Waals surface area contributed by atoms with Crippen molar-refractivity contribution in [2.45, 2.75) is 43.5 Å². The molecule has 1 aliphatic carbocycles. The second-order valence-electron chi connectivity index (χ2n) is 7.81. The summed E-state index contributed by atoms with van der Waals surface area (Å²) in [5.74, 6) is 0. The van der Waals surface area contributed by atoms with Crippen molar-refractivity contribution in [2.75, 3.05) is 26.2 Å². The van der Waals surface area contributed by atoms with Gasteiger partial charge in [0.2, 0.25) is 10.0 Å². The third-order valence-corrected chi connectivity index (χ3v) is 9.09. The van der Waals surface area contributed by atoms with E-state index in [4.69, 9.17) is 4.74 Å². The molecule has 3 aliphatic rings. The van der Waals surface area contributed by atoms with Crippen LogP contribution in [0.2, 0.25) is 0 Å². The summed E-state index contributed by atoms with van der Waals surface area (Å²) in [5.41, 5.74) is 3.62. The lowest BCUT2D eigenvalue weighted by molar-refractivity contribution is 0.135. The molecule has 0 unspecified atom stereocenters. The molecule has 0 amide bonds. The maximum atomic E-state index is 12.4. The lowest BCUT2D eigenvalue weighted by atomic mass is 10.0. The Bertz CT molecular complexity index is 1000. The van der Waals surface area contributed by atoms with Crippen LogP contribution >= 0.6 is 11.3 Å². The predicted octanol–water partition coefficient (Wildman–Crippen LogP) is 3.01. The minimum atomic E-state index is -3.07. The van der Waals surface area contributed by atoms with Crippen LogP contribution in [-0.4, -0.2) is 55.2 Å². The number of aromatic nitrogens is 1. The number of benzene rings is 1. The molecule has 1 aromatic heterocycles. The highest BCUT2D eigenvalue weighted by Gasteiger charge is 2.41. The van der Waals surface area contributed by atoms with Gasteiger partial charge in [0, 0.05) is 19.6 Å². The smallest absolute Gasteiger partial charge is 0.274 e. The van der Waals surface area contributed by atoms with Crippen molar-refractivity contribution in [1.29, 1.82) is 0 Å². The van der Waals surface area contributed by atoms with Gasteiger partial charge in [-0.2, -0.15) is 0 Å². The zero-order valence-electron chi connectivity index (χ0n) is 15.8. The first kappa shape index (κ1) is 18.5. The second kappa shape index (κ2) is 7.40. The molecule has 0 bridgehead atoms.